The Morgan fingerprint density at radius 2 is 1.86 bits per heavy atom. The Morgan fingerprint density at radius 1 is 1.21 bits per heavy atom. The topological polar surface area (TPSA) is 86.4 Å². The normalized spacial score (nSPS) is 20.0. The fraction of sp³-hybridized carbons (Fsp3) is 0.579. The number of rotatable bonds is 4. The van der Waals surface area contributed by atoms with Crippen molar-refractivity contribution in [1.82, 2.24) is 19.0 Å². The van der Waals surface area contributed by atoms with Crippen molar-refractivity contribution in [3.63, 3.8) is 0 Å². The van der Waals surface area contributed by atoms with Crippen LogP contribution >= 0.6 is 11.8 Å². The van der Waals surface area contributed by atoms with Crippen LogP contribution in [0.25, 0.3) is 11.0 Å². The summed E-state index contributed by atoms with van der Waals surface area (Å²) in [6.45, 7) is 7.03. The van der Waals surface area contributed by atoms with E-state index in [4.69, 9.17) is 4.74 Å². The number of carbonyl (C=O) groups excluding carboxylic acids is 1. The number of aromatic nitrogens is 3. The zero-order valence-corrected chi connectivity index (χ0v) is 17.7. The number of amides is 1. The minimum absolute atomic E-state index is 0.00692. The SMILES string of the molecule is CCc1cnc2c(c1SCC(=O)N1CC(C)OC(C)C1)c(=O)n(C)c(=O)n2C. The minimum atomic E-state index is -0.419. The molecule has 9 heteroatoms. The molecule has 0 spiro atoms. The molecule has 0 aromatic carbocycles. The van der Waals surface area contributed by atoms with Crippen LogP contribution in [0.1, 0.15) is 26.3 Å². The standard InChI is InChI=1S/C19H26N4O4S/c1-6-13-7-20-17-15(18(25)22(5)19(26)21(17)4)16(13)28-10-14(24)23-8-11(2)27-12(3)9-23/h7,11-12H,6,8-10H2,1-5H3. The van der Waals surface area contributed by atoms with Gasteiger partial charge in [0.1, 0.15) is 5.65 Å². The number of morpholine rings is 1. The van der Waals surface area contributed by atoms with Crippen molar-refractivity contribution in [1.29, 1.82) is 0 Å². The lowest BCUT2D eigenvalue weighted by Gasteiger charge is -2.35. The monoisotopic (exact) mass is 406 g/mol. The number of hydrogen-bond donors (Lipinski definition) is 0. The molecule has 0 saturated carbocycles. The van der Waals surface area contributed by atoms with Gasteiger partial charge in [0.15, 0.2) is 0 Å². The first-order valence-electron chi connectivity index (χ1n) is 9.38. The van der Waals surface area contributed by atoms with Crippen molar-refractivity contribution in [2.75, 3.05) is 18.8 Å². The molecule has 28 heavy (non-hydrogen) atoms. The van der Waals surface area contributed by atoms with Crippen LogP contribution in [0.2, 0.25) is 0 Å². The van der Waals surface area contributed by atoms with E-state index in [0.717, 1.165) is 15.0 Å². The quantitative estimate of drug-likeness (QED) is 0.702. The summed E-state index contributed by atoms with van der Waals surface area (Å²) < 4.78 is 8.14. The molecule has 3 rings (SSSR count). The second-order valence-electron chi connectivity index (χ2n) is 7.22. The third kappa shape index (κ3) is 3.73. The molecule has 2 atom stereocenters. The van der Waals surface area contributed by atoms with Crippen molar-refractivity contribution in [2.24, 2.45) is 14.1 Å². The lowest BCUT2D eigenvalue weighted by molar-refractivity contribution is -0.140. The van der Waals surface area contributed by atoms with E-state index in [1.54, 1.807) is 13.2 Å². The summed E-state index contributed by atoms with van der Waals surface area (Å²) in [6, 6.07) is 0. The van der Waals surface area contributed by atoms with E-state index >= 15 is 0 Å². The molecule has 2 unspecified atom stereocenters. The van der Waals surface area contributed by atoms with E-state index in [0.29, 0.717) is 30.5 Å². The third-order valence-electron chi connectivity index (χ3n) is 4.99. The molecule has 0 aliphatic carbocycles. The number of fused-ring (bicyclic) bond motifs is 1. The molecular formula is C19H26N4O4S. The largest absolute Gasteiger partial charge is 0.372 e. The fourth-order valence-electron chi connectivity index (χ4n) is 3.57. The van der Waals surface area contributed by atoms with Crippen molar-refractivity contribution in [3.05, 3.63) is 32.6 Å². The number of hydrogen-bond acceptors (Lipinski definition) is 6. The summed E-state index contributed by atoms with van der Waals surface area (Å²) >= 11 is 1.34. The number of ether oxygens (including phenoxy) is 1. The van der Waals surface area contributed by atoms with Crippen molar-refractivity contribution in [2.45, 2.75) is 44.3 Å². The van der Waals surface area contributed by atoms with Gasteiger partial charge < -0.3 is 9.64 Å². The smallest absolute Gasteiger partial charge is 0.332 e. The zero-order valence-electron chi connectivity index (χ0n) is 16.9. The molecular weight excluding hydrogens is 380 g/mol. The lowest BCUT2D eigenvalue weighted by Crippen LogP contribution is -2.48. The van der Waals surface area contributed by atoms with Gasteiger partial charge in [0.05, 0.1) is 23.3 Å². The molecule has 0 N–H and O–H groups in total. The van der Waals surface area contributed by atoms with Crippen LogP contribution in [0.5, 0.6) is 0 Å². The van der Waals surface area contributed by atoms with Gasteiger partial charge in [-0.1, -0.05) is 6.92 Å². The summed E-state index contributed by atoms with van der Waals surface area (Å²) in [6.07, 6.45) is 2.38. The van der Waals surface area contributed by atoms with E-state index in [2.05, 4.69) is 4.98 Å². The van der Waals surface area contributed by atoms with Crippen LogP contribution < -0.4 is 11.2 Å². The van der Waals surface area contributed by atoms with E-state index in [1.165, 1.54) is 23.4 Å². The maximum absolute atomic E-state index is 12.8. The van der Waals surface area contributed by atoms with Crippen LogP contribution in [-0.2, 0) is 30.0 Å². The van der Waals surface area contributed by atoms with Gasteiger partial charge in [0.2, 0.25) is 5.91 Å². The Hall–Kier alpha value is -2.13. The summed E-state index contributed by atoms with van der Waals surface area (Å²) in [7, 11) is 3.05. The van der Waals surface area contributed by atoms with Gasteiger partial charge in [-0.2, -0.15) is 0 Å². The molecule has 2 aromatic rings. The summed E-state index contributed by atoms with van der Waals surface area (Å²) in [5.41, 5.74) is 0.431. The number of pyridine rings is 1. The third-order valence-corrected chi connectivity index (χ3v) is 6.13. The maximum atomic E-state index is 12.8. The Balaban J connectivity index is 1.97. The van der Waals surface area contributed by atoms with Crippen molar-refractivity contribution >= 4 is 28.7 Å². The molecule has 1 saturated heterocycles. The van der Waals surface area contributed by atoms with Gasteiger partial charge in [0, 0.05) is 38.3 Å². The summed E-state index contributed by atoms with van der Waals surface area (Å²) in [4.78, 5) is 44.7. The Bertz CT molecular complexity index is 1020. The minimum Gasteiger partial charge on any atom is -0.372 e. The molecule has 1 aliphatic rings. The van der Waals surface area contributed by atoms with E-state index in [9.17, 15) is 14.4 Å². The molecule has 0 radical (unpaired) electrons. The number of carbonyl (C=O) groups is 1. The highest BCUT2D eigenvalue weighted by molar-refractivity contribution is 8.00. The average Bonchev–Trinajstić information content (AvgIpc) is 2.67. The molecule has 2 aromatic heterocycles. The van der Waals surface area contributed by atoms with Crippen LogP contribution in [0.4, 0.5) is 0 Å². The molecule has 1 fully saturated rings. The second-order valence-corrected chi connectivity index (χ2v) is 8.20. The van der Waals surface area contributed by atoms with Crippen LogP contribution in [0, 0.1) is 0 Å². The highest BCUT2D eigenvalue weighted by Crippen LogP contribution is 2.29. The van der Waals surface area contributed by atoms with Gasteiger partial charge in [-0.15, -0.1) is 11.8 Å². The van der Waals surface area contributed by atoms with E-state index < -0.39 is 5.69 Å². The Morgan fingerprint density at radius 3 is 2.46 bits per heavy atom. The number of nitrogens with zero attached hydrogens (tertiary/aromatic N) is 4. The summed E-state index contributed by atoms with van der Waals surface area (Å²) in [5.74, 6) is 0.234. The summed E-state index contributed by atoms with van der Waals surface area (Å²) in [5, 5.41) is 0.394. The molecule has 8 nitrogen and oxygen atoms in total. The predicted octanol–water partition coefficient (Wildman–Crippen LogP) is 0.923. The lowest BCUT2D eigenvalue weighted by atomic mass is 10.2. The predicted molar refractivity (Wildman–Crippen MR) is 109 cm³/mol. The van der Waals surface area contributed by atoms with E-state index in [1.807, 2.05) is 25.7 Å². The Kier molecular flexibility index (Phi) is 5.95. The molecule has 152 valence electrons. The maximum Gasteiger partial charge on any atom is 0.332 e. The van der Waals surface area contributed by atoms with Crippen molar-refractivity contribution < 1.29 is 9.53 Å². The first-order valence-corrected chi connectivity index (χ1v) is 10.4. The molecule has 1 aliphatic heterocycles. The first-order chi connectivity index (χ1) is 13.2. The Labute approximate surface area is 167 Å². The van der Waals surface area contributed by atoms with Crippen LogP contribution in [-0.4, -0.2) is 56.0 Å². The molecule has 1 amide bonds. The van der Waals surface area contributed by atoms with Crippen LogP contribution in [0.3, 0.4) is 0 Å². The first kappa shape index (κ1) is 20.6. The van der Waals surface area contributed by atoms with Gasteiger partial charge >= 0.3 is 5.69 Å². The van der Waals surface area contributed by atoms with E-state index in [-0.39, 0.29) is 29.4 Å². The van der Waals surface area contributed by atoms with Gasteiger partial charge in [0.25, 0.3) is 5.56 Å². The van der Waals surface area contributed by atoms with Gasteiger partial charge in [-0.25, -0.2) is 9.78 Å². The number of thioether (sulfide) groups is 1. The highest BCUT2D eigenvalue weighted by atomic mass is 32.2. The van der Waals surface area contributed by atoms with Crippen LogP contribution in [0.15, 0.2) is 20.7 Å². The molecule has 3 heterocycles. The van der Waals surface area contributed by atoms with Gasteiger partial charge in [-0.3, -0.25) is 18.7 Å². The average molecular weight is 407 g/mol. The second kappa shape index (κ2) is 8.08. The fourth-order valence-corrected chi connectivity index (χ4v) is 4.72. The zero-order chi connectivity index (χ0) is 20.6. The molecule has 0 bridgehead atoms. The highest BCUT2D eigenvalue weighted by Gasteiger charge is 2.26. The van der Waals surface area contributed by atoms with Gasteiger partial charge in [-0.05, 0) is 25.8 Å². The number of aryl methyl sites for hydroxylation is 2. The van der Waals surface area contributed by atoms with Crippen molar-refractivity contribution in [3.8, 4) is 0 Å².